The van der Waals surface area contributed by atoms with Crippen LogP contribution in [0.4, 0.5) is 13.2 Å². The van der Waals surface area contributed by atoms with E-state index in [1.807, 2.05) is 0 Å². The molecule has 100 valence electrons. The third-order valence-electron chi connectivity index (χ3n) is 2.59. The standard InChI is InChI=1S/C14H12F3NO/c15-14(16,17)13-8-12(7-6-10(13)9-18)19-11-4-2-1-3-5-11/h1-8H,9,18H2. The molecule has 2 N–H and O–H groups in total. The fourth-order valence-electron chi connectivity index (χ4n) is 1.69. The average molecular weight is 267 g/mol. The van der Waals surface area contributed by atoms with Gasteiger partial charge in [-0.05, 0) is 29.8 Å². The Bertz CT molecular complexity index is 552. The molecule has 2 aromatic carbocycles. The van der Waals surface area contributed by atoms with Crippen molar-refractivity contribution in [3.05, 3.63) is 59.7 Å². The first-order chi connectivity index (χ1) is 9.00. The minimum atomic E-state index is -4.44. The van der Waals surface area contributed by atoms with Gasteiger partial charge in [0, 0.05) is 6.54 Å². The van der Waals surface area contributed by atoms with Crippen LogP contribution in [-0.4, -0.2) is 0 Å². The molecule has 0 bridgehead atoms. The van der Waals surface area contributed by atoms with E-state index in [-0.39, 0.29) is 17.9 Å². The Morgan fingerprint density at radius 2 is 1.63 bits per heavy atom. The maximum absolute atomic E-state index is 12.8. The van der Waals surface area contributed by atoms with Gasteiger partial charge in [-0.1, -0.05) is 24.3 Å². The summed E-state index contributed by atoms with van der Waals surface area (Å²) in [6.45, 7) is -0.166. The lowest BCUT2D eigenvalue weighted by molar-refractivity contribution is -0.138. The van der Waals surface area contributed by atoms with Crippen LogP contribution in [0, 0.1) is 0 Å². The first kappa shape index (κ1) is 13.4. The van der Waals surface area contributed by atoms with Crippen molar-refractivity contribution in [3.8, 4) is 11.5 Å². The van der Waals surface area contributed by atoms with Crippen molar-refractivity contribution >= 4 is 0 Å². The van der Waals surface area contributed by atoms with Crippen molar-refractivity contribution in [2.45, 2.75) is 12.7 Å². The van der Waals surface area contributed by atoms with Crippen LogP contribution < -0.4 is 10.5 Å². The number of halogens is 3. The highest BCUT2D eigenvalue weighted by molar-refractivity contribution is 5.39. The van der Waals surface area contributed by atoms with Gasteiger partial charge in [-0.3, -0.25) is 0 Å². The molecule has 5 heteroatoms. The number of hydrogen-bond donors (Lipinski definition) is 1. The molecular weight excluding hydrogens is 255 g/mol. The molecule has 0 saturated carbocycles. The van der Waals surface area contributed by atoms with Crippen molar-refractivity contribution in [1.29, 1.82) is 0 Å². The maximum atomic E-state index is 12.8. The second-order valence-corrected chi connectivity index (χ2v) is 3.94. The predicted molar refractivity (Wildman–Crippen MR) is 65.9 cm³/mol. The van der Waals surface area contributed by atoms with Crippen molar-refractivity contribution in [1.82, 2.24) is 0 Å². The first-order valence-electron chi connectivity index (χ1n) is 5.64. The van der Waals surface area contributed by atoms with E-state index >= 15 is 0 Å². The lowest BCUT2D eigenvalue weighted by Gasteiger charge is -2.14. The number of para-hydroxylation sites is 1. The summed E-state index contributed by atoms with van der Waals surface area (Å²) in [5.74, 6) is 0.617. The van der Waals surface area contributed by atoms with Crippen LogP contribution in [0.15, 0.2) is 48.5 Å². The molecule has 2 aromatic rings. The first-order valence-corrected chi connectivity index (χ1v) is 5.64. The summed E-state index contributed by atoms with van der Waals surface area (Å²) in [5, 5.41) is 0. The second kappa shape index (κ2) is 5.32. The molecule has 0 unspecified atom stereocenters. The zero-order valence-electron chi connectivity index (χ0n) is 9.95. The second-order valence-electron chi connectivity index (χ2n) is 3.94. The molecule has 19 heavy (non-hydrogen) atoms. The summed E-state index contributed by atoms with van der Waals surface area (Å²) in [6.07, 6.45) is -4.44. The highest BCUT2D eigenvalue weighted by Gasteiger charge is 2.33. The molecule has 0 atom stereocenters. The molecular formula is C14H12F3NO. The van der Waals surface area contributed by atoms with E-state index in [0.29, 0.717) is 5.75 Å². The quantitative estimate of drug-likeness (QED) is 0.913. The van der Waals surface area contributed by atoms with Crippen molar-refractivity contribution in [2.75, 3.05) is 0 Å². The number of nitrogens with two attached hydrogens (primary N) is 1. The van der Waals surface area contributed by atoms with Gasteiger partial charge in [-0.2, -0.15) is 13.2 Å². The summed E-state index contributed by atoms with van der Waals surface area (Å²) in [4.78, 5) is 0. The molecule has 0 spiro atoms. The molecule has 2 nitrogen and oxygen atoms in total. The highest BCUT2D eigenvalue weighted by atomic mass is 19.4. The summed E-state index contributed by atoms with van der Waals surface area (Å²) in [7, 11) is 0. The topological polar surface area (TPSA) is 35.2 Å². The lowest BCUT2D eigenvalue weighted by Crippen LogP contribution is -2.11. The number of rotatable bonds is 3. The molecule has 0 fully saturated rings. The van der Waals surface area contributed by atoms with E-state index in [1.54, 1.807) is 30.3 Å². The van der Waals surface area contributed by atoms with Crippen LogP contribution in [0.2, 0.25) is 0 Å². The van der Waals surface area contributed by atoms with E-state index < -0.39 is 11.7 Å². The molecule has 2 rings (SSSR count). The Morgan fingerprint density at radius 1 is 0.947 bits per heavy atom. The Balaban J connectivity index is 2.33. The average Bonchev–Trinajstić information content (AvgIpc) is 2.39. The summed E-state index contributed by atoms with van der Waals surface area (Å²) in [5.41, 5.74) is 4.60. The number of ether oxygens (including phenoxy) is 1. The van der Waals surface area contributed by atoms with E-state index in [4.69, 9.17) is 10.5 Å². The molecule has 0 aliphatic carbocycles. The van der Waals surface area contributed by atoms with Crippen LogP contribution in [0.5, 0.6) is 11.5 Å². The highest BCUT2D eigenvalue weighted by Crippen LogP contribution is 2.35. The van der Waals surface area contributed by atoms with Gasteiger partial charge >= 0.3 is 6.18 Å². The monoisotopic (exact) mass is 267 g/mol. The Labute approximate surface area is 108 Å². The van der Waals surface area contributed by atoms with Crippen molar-refractivity contribution < 1.29 is 17.9 Å². The Hall–Kier alpha value is -2.01. The fraction of sp³-hybridized carbons (Fsp3) is 0.143. The van der Waals surface area contributed by atoms with Gasteiger partial charge in [0.05, 0.1) is 5.56 Å². The van der Waals surface area contributed by atoms with Crippen LogP contribution in [0.1, 0.15) is 11.1 Å². The SMILES string of the molecule is NCc1ccc(Oc2ccccc2)cc1C(F)(F)F. The molecule has 0 saturated heterocycles. The molecule has 0 amide bonds. The molecule has 0 heterocycles. The lowest BCUT2D eigenvalue weighted by atomic mass is 10.1. The number of benzene rings is 2. The van der Waals surface area contributed by atoms with Crippen LogP contribution in [0.3, 0.4) is 0 Å². The van der Waals surface area contributed by atoms with Gasteiger partial charge in [-0.15, -0.1) is 0 Å². The summed E-state index contributed by atoms with van der Waals surface area (Å²) >= 11 is 0. The van der Waals surface area contributed by atoms with Gasteiger partial charge in [0.15, 0.2) is 0 Å². The minimum Gasteiger partial charge on any atom is -0.457 e. The van der Waals surface area contributed by atoms with E-state index in [1.165, 1.54) is 12.1 Å². The minimum absolute atomic E-state index is 0.0490. The molecule has 0 aliphatic rings. The number of alkyl halides is 3. The van der Waals surface area contributed by atoms with E-state index in [2.05, 4.69) is 0 Å². The van der Waals surface area contributed by atoms with Gasteiger partial charge in [0.2, 0.25) is 0 Å². The van der Waals surface area contributed by atoms with Gasteiger partial charge in [0.1, 0.15) is 11.5 Å². The maximum Gasteiger partial charge on any atom is 0.416 e. The van der Waals surface area contributed by atoms with Gasteiger partial charge < -0.3 is 10.5 Å². The van der Waals surface area contributed by atoms with Crippen LogP contribution in [-0.2, 0) is 12.7 Å². The molecule has 0 aromatic heterocycles. The number of hydrogen-bond acceptors (Lipinski definition) is 2. The van der Waals surface area contributed by atoms with E-state index in [9.17, 15) is 13.2 Å². The van der Waals surface area contributed by atoms with Crippen LogP contribution >= 0.6 is 0 Å². The third-order valence-corrected chi connectivity index (χ3v) is 2.59. The molecule has 0 aliphatic heterocycles. The summed E-state index contributed by atoms with van der Waals surface area (Å²) in [6, 6.07) is 12.4. The normalized spacial score (nSPS) is 11.4. The van der Waals surface area contributed by atoms with E-state index in [0.717, 1.165) is 6.07 Å². The van der Waals surface area contributed by atoms with Crippen molar-refractivity contribution in [3.63, 3.8) is 0 Å². The Kier molecular flexibility index (Phi) is 3.76. The van der Waals surface area contributed by atoms with Crippen LogP contribution in [0.25, 0.3) is 0 Å². The largest absolute Gasteiger partial charge is 0.457 e. The van der Waals surface area contributed by atoms with Gasteiger partial charge in [-0.25, -0.2) is 0 Å². The summed E-state index contributed by atoms with van der Waals surface area (Å²) < 4.78 is 43.9. The Morgan fingerprint density at radius 3 is 2.21 bits per heavy atom. The predicted octanol–water partition coefficient (Wildman–Crippen LogP) is 3.96. The van der Waals surface area contributed by atoms with Crippen molar-refractivity contribution in [2.24, 2.45) is 5.73 Å². The smallest absolute Gasteiger partial charge is 0.416 e. The fourth-order valence-corrected chi connectivity index (χ4v) is 1.69. The zero-order valence-corrected chi connectivity index (χ0v) is 9.95. The van der Waals surface area contributed by atoms with Gasteiger partial charge in [0.25, 0.3) is 0 Å². The third kappa shape index (κ3) is 3.26. The zero-order chi connectivity index (χ0) is 13.9. The molecule has 0 radical (unpaired) electrons.